The second-order valence-electron chi connectivity index (χ2n) is 4.92. The number of rotatable bonds is 5. The third-order valence-corrected chi connectivity index (χ3v) is 3.67. The molecule has 0 heterocycles. The molecule has 3 heteroatoms. The number of benzene rings is 2. The normalized spacial score (nSPS) is 13.8. The molecule has 0 fully saturated rings. The minimum atomic E-state index is -0.485. The van der Waals surface area contributed by atoms with E-state index >= 15 is 0 Å². The Kier molecular flexibility index (Phi) is 5.05. The topological polar surface area (TPSA) is 32.3 Å². The van der Waals surface area contributed by atoms with Crippen LogP contribution in [0.2, 0.25) is 5.02 Å². The predicted molar refractivity (Wildman–Crippen MR) is 85.2 cm³/mol. The van der Waals surface area contributed by atoms with Crippen molar-refractivity contribution in [2.24, 2.45) is 0 Å². The molecule has 2 unspecified atom stereocenters. The lowest BCUT2D eigenvalue weighted by Gasteiger charge is -2.22. The Bertz CT molecular complexity index is 551. The summed E-state index contributed by atoms with van der Waals surface area (Å²) in [6, 6.07) is 15.9. The molecule has 0 aliphatic carbocycles. The van der Waals surface area contributed by atoms with Gasteiger partial charge in [0.15, 0.2) is 0 Å². The van der Waals surface area contributed by atoms with Crippen LogP contribution in [-0.4, -0.2) is 5.11 Å². The summed E-state index contributed by atoms with van der Waals surface area (Å²) >= 11 is 5.93. The summed E-state index contributed by atoms with van der Waals surface area (Å²) in [6.45, 7) is 3.92. The van der Waals surface area contributed by atoms with Gasteiger partial charge in [-0.1, -0.05) is 48.9 Å². The van der Waals surface area contributed by atoms with Gasteiger partial charge in [-0.15, -0.1) is 0 Å². The van der Waals surface area contributed by atoms with E-state index in [-0.39, 0.29) is 6.04 Å². The molecule has 0 saturated heterocycles. The Morgan fingerprint density at radius 2 is 1.75 bits per heavy atom. The summed E-state index contributed by atoms with van der Waals surface area (Å²) in [7, 11) is 0. The quantitative estimate of drug-likeness (QED) is 0.815. The summed E-state index contributed by atoms with van der Waals surface area (Å²) in [5, 5.41) is 14.1. The standard InChI is InChI=1S/C17H20ClNO/c1-3-16(13-8-10-14(18)11-9-13)19-17-7-5-4-6-15(17)12(2)20/h4-12,16,19-20H,3H2,1-2H3. The summed E-state index contributed by atoms with van der Waals surface area (Å²) < 4.78 is 0. The minimum Gasteiger partial charge on any atom is -0.389 e. The van der Waals surface area contributed by atoms with Crippen molar-refractivity contribution in [3.63, 3.8) is 0 Å². The number of anilines is 1. The summed E-state index contributed by atoms with van der Waals surface area (Å²) in [4.78, 5) is 0. The van der Waals surface area contributed by atoms with Crippen molar-refractivity contribution < 1.29 is 5.11 Å². The molecule has 2 aromatic carbocycles. The summed E-state index contributed by atoms with van der Waals surface area (Å²) in [5.74, 6) is 0. The molecule has 0 spiro atoms. The third kappa shape index (κ3) is 3.53. The van der Waals surface area contributed by atoms with E-state index in [1.54, 1.807) is 6.92 Å². The lowest BCUT2D eigenvalue weighted by molar-refractivity contribution is 0.200. The number of hydrogen-bond donors (Lipinski definition) is 2. The van der Waals surface area contributed by atoms with E-state index < -0.39 is 6.10 Å². The Hall–Kier alpha value is -1.51. The molecule has 0 bridgehead atoms. The fraction of sp³-hybridized carbons (Fsp3) is 0.294. The molecule has 2 aromatic rings. The molecule has 0 saturated carbocycles. The zero-order valence-electron chi connectivity index (χ0n) is 11.8. The van der Waals surface area contributed by atoms with Gasteiger partial charge in [0.2, 0.25) is 0 Å². The molecule has 0 aliphatic rings. The first-order valence-corrected chi connectivity index (χ1v) is 7.28. The van der Waals surface area contributed by atoms with E-state index in [1.165, 1.54) is 5.56 Å². The van der Waals surface area contributed by atoms with E-state index in [1.807, 2.05) is 48.5 Å². The van der Waals surface area contributed by atoms with Gasteiger partial charge < -0.3 is 10.4 Å². The first-order valence-electron chi connectivity index (χ1n) is 6.90. The average molecular weight is 290 g/mol. The maximum Gasteiger partial charge on any atom is 0.0781 e. The first kappa shape index (κ1) is 14.9. The smallest absolute Gasteiger partial charge is 0.0781 e. The number of aliphatic hydroxyl groups excluding tert-OH is 1. The van der Waals surface area contributed by atoms with Crippen molar-refractivity contribution in [3.05, 3.63) is 64.7 Å². The largest absolute Gasteiger partial charge is 0.389 e. The Morgan fingerprint density at radius 1 is 1.10 bits per heavy atom. The molecule has 2 atom stereocenters. The second-order valence-corrected chi connectivity index (χ2v) is 5.36. The Labute approximate surface area is 125 Å². The van der Waals surface area contributed by atoms with Crippen LogP contribution in [0.3, 0.4) is 0 Å². The van der Waals surface area contributed by atoms with Crippen LogP contribution < -0.4 is 5.32 Å². The van der Waals surface area contributed by atoms with E-state index in [9.17, 15) is 5.11 Å². The van der Waals surface area contributed by atoms with Gasteiger partial charge in [0, 0.05) is 16.3 Å². The number of nitrogens with one attached hydrogen (secondary N) is 1. The van der Waals surface area contributed by atoms with Crippen molar-refractivity contribution in [1.82, 2.24) is 0 Å². The Balaban J connectivity index is 2.24. The van der Waals surface area contributed by atoms with Crippen LogP contribution in [0.4, 0.5) is 5.69 Å². The van der Waals surface area contributed by atoms with Crippen molar-refractivity contribution in [2.45, 2.75) is 32.4 Å². The fourth-order valence-electron chi connectivity index (χ4n) is 2.30. The van der Waals surface area contributed by atoms with Crippen LogP contribution in [0.5, 0.6) is 0 Å². The van der Waals surface area contributed by atoms with Crippen molar-refractivity contribution in [1.29, 1.82) is 0 Å². The number of hydrogen-bond acceptors (Lipinski definition) is 2. The van der Waals surface area contributed by atoms with Crippen molar-refractivity contribution >= 4 is 17.3 Å². The highest BCUT2D eigenvalue weighted by Gasteiger charge is 2.13. The lowest BCUT2D eigenvalue weighted by Crippen LogP contribution is -2.11. The van der Waals surface area contributed by atoms with E-state index in [0.717, 1.165) is 22.7 Å². The van der Waals surface area contributed by atoms with Gasteiger partial charge in [-0.2, -0.15) is 0 Å². The molecule has 0 amide bonds. The number of halogens is 1. The monoisotopic (exact) mass is 289 g/mol. The highest BCUT2D eigenvalue weighted by molar-refractivity contribution is 6.30. The van der Waals surface area contributed by atoms with E-state index in [0.29, 0.717) is 0 Å². The minimum absolute atomic E-state index is 0.201. The van der Waals surface area contributed by atoms with Crippen LogP contribution >= 0.6 is 11.6 Å². The molecule has 2 N–H and O–H groups in total. The zero-order valence-corrected chi connectivity index (χ0v) is 12.6. The van der Waals surface area contributed by atoms with Gasteiger partial charge in [-0.05, 0) is 37.1 Å². The average Bonchev–Trinajstić information content (AvgIpc) is 2.46. The Morgan fingerprint density at radius 3 is 2.35 bits per heavy atom. The third-order valence-electron chi connectivity index (χ3n) is 3.42. The molecule has 2 rings (SSSR count). The van der Waals surface area contributed by atoms with Gasteiger partial charge in [0.05, 0.1) is 12.1 Å². The van der Waals surface area contributed by atoms with Crippen LogP contribution in [0.25, 0.3) is 0 Å². The van der Waals surface area contributed by atoms with Crippen LogP contribution in [0.15, 0.2) is 48.5 Å². The molecule has 0 aliphatic heterocycles. The SMILES string of the molecule is CCC(Nc1ccccc1C(C)O)c1ccc(Cl)cc1. The summed E-state index contributed by atoms with van der Waals surface area (Å²) in [6.07, 6.45) is 0.469. The molecule has 20 heavy (non-hydrogen) atoms. The van der Waals surface area contributed by atoms with Gasteiger partial charge in [-0.3, -0.25) is 0 Å². The van der Waals surface area contributed by atoms with Crippen molar-refractivity contribution in [3.8, 4) is 0 Å². The molecular formula is C17H20ClNO. The van der Waals surface area contributed by atoms with E-state index in [2.05, 4.69) is 12.2 Å². The van der Waals surface area contributed by atoms with Crippen molar-refractivity contribution in [2.75, 3.05) is 5.32 Å². The fourth-order valence-corrected chi connectivity index (χ4v) is 2.42. The predicted octanol–water partition coefficient (Wildman–Crippen LogP) is 4.96. The highest BCUT2D eigenvalue weighted by atomic mass is 35.5. The zero-order chi connectivity index (χ0) is 14.5. The molecule has 106 valence electrons. The number of para-hydroxylation sites is 1. The van der Waals surface area contributed by atoms with Gasteiger partial charge in [-0.25, -0.2) is 0 Å². The van der Waals surface area contributed by atoms with E-state index in [4.69, 9.17) is 11.6 Å². The second kappa shape index (κ2) is 6.78. The van der Waals surface area contributed by atoms with Gasteiger partial charge >= 0.3 is 0 Å². The van der Waals surface area contributed by atoms with Crippen LogP contribution in [-0.2, 0) is 0 Å². The molecular weight excluding hydrogens is 270 g/mol. The molecule has 0 radical (unpaired) electrons. The van der Waals surface area contributed by atoms with Crippen LogP contribution in [0, 0.1) is 0 Å². The van der Waals surface area contributed by atoms with Crippen LogP contribution in [0.1, 0.15) is 43.5 Å². The maximum absolute atomic E-state index is 9.84. The lowest BCUT2D eigenvalue weighted by atomic mass is 10.0. The maximum atomic E-state index is 9.84. The summed E-state index contributed by atoms with van der Waals surface area (Å²) in [5.41, 5.74) is 3.08. The highest BCUT2D eigenvalue weighted by Crippen LogP contribution is 2.28. The first-order chi connectivity index (χ1) is 9.61. The molecule has 2 nitrogen and oxygen atoms in total. The molecule has 0 aromatic heterocycles. The number of aliphatic hydroxyl groups is 1. The van der Waals surface area contributed by atoms with Gasteiger partial charge in [0.1, 0.15) is 0 Å². The van der Waals surface area contributed by atoms with Gasteiger partial charge in [0.25, 0.3) is 0 Å².